The van der Waals surface area contributed by atoms with E-state index in [1.54, 1.807) is 24.3 Å². The number of aryl methyl sites for hydroxylation is 3. The number of hydrogen-bond donors (Lipinski definition) is 1. The highest BCUT2D eigenvalue weighted by Crippen LogP contribution is 2.22. The normalized spacial score (nSPS) is 16.3. The Bertz CT molecular complexity index is 1010. The SMILES string of the molecule is Cc1cc(C)c(C(C)NC(=O)c2ccc(CS(=O)(=O)N3CCOCC3)cc2)cc1C. The molecule has 1 unspecified atom stereocenters. The lowest BCUT2D eigenvalue weighted by molar-refractivity contribution is 0.0729. The standard InChI is InChI=1S/C23H30N2O4S/c1-16-13-18(3)22(14-17(16)2)19(4)24-23(26)21-7-5-20(6-8-21)15-30(27,28)25-9-11-29-12-10-25/h5-8,13-14,19H,9-12,15H2,1-4H3,(H,24,26). The lowest BCUT2D eigenvalue weighted by Gasteiger charge is -2.26. The second kappa shape index (κ2) is 9.29. The van der Waals surface area contributed by atoms with E-state index in [0.29, 0.717) is 37.4 Å². The molecule has 162 valence electrons. The zero-order valence-corrected chi connectivity index (χ0v) is 18.9. The van der Waals surface area contributed by atoms with Crippen LogP contribution < -0.4 is 5.32 Å². The fourth-order valence-corrected chi connectivity index (χ4v) is 5.19. The van der Waals surface area contributed by atoms with Crippen molar-refractivity contribution in [3.05, 3.63) is 69.8 Å². The van der Waals surface area contributed by atoms with Crippen LogP contribution in [0.1, 0.15) is 51.1 Å². The summed E-state index contributed by atoms with van der Waals surface area (Å²) in [6.07, 6.45) is 0. The van der Waals surface area contributed by atoms with Crippen LogP contribution in [-0.4, -0.2) is 44.9 Å². The van der Waals surface area contributed by atoms with Crippen molar-refractivity contribution in [3.8, 4) is 0 Å². The van der Waals surface area contributed by atoms with E-state index in [-0.39, 0.29) is 17.7 Å². The van der Waals surface area contributed by atoms with E-state index in [4.69, 9.17) is 4.74 Å². The highest BCUT2D eigenvalue weighted by atomic mass is 32.2. The molecule has 0 radical (unpaired) electrons. The van der Waals surface area contributed by atoms with E-state index in [2.05, 4.69) is 31.3 Å². The summed E-state index contributed by atoms with van der Waals surface area (Å²) >= 11 is 0. The van der Waals surface area contributed by atoms with Crippen molar-refractivity contribution in [3.63, 3.8) is 0 Å². The van der Waals surface area contributed by atoms with Gasteiger partial charge in [-0.25, -0.2) is 8.42 Å². The lowest BCUT2D eigenvalue weighted by atomic mass is 9.96. The molecule has 1 aliphatic rings. The first-order valence-electron chi connectivity index (χ1n) is 10.2. The predicted octanol–water partition coefficient (Wildman–Crippen LogP) is 3.26. The van der Waals surface area contributed by atoms with Crippen molar-refractivity contribution < 1.29 is 17.9 Å². The molecule has 1 N–H and O–H groups in total. The minimum Gasteiger partial charge on any atom is -0.379 e. The van der Waals surface area contributed by atoms with Gasteiger partial charge < -0.3 is 10.1 Å². The number of rotatable bonds is 6. The number of nitrogens with one attached hydrogen (secondary N) is 1. The maximum Gasteiger partial charge on any atom is 0.251 e. The lowest BCUT2D eigenvalue weighted by Crippen LogP contribution is -2.41. The fraction of sp³-hybridized carbons (Fsp3) is 0.435. The molecule has 0 saturated carbocycles. The number of carbonyl (C=O) groups excluding carboxylic acids is 1. The molecule has 0 bridgehead atoms. The van der Waals surface area contributed by atoms with Crippen molar-refractivity contribution >= 4 is 15.9 Å². The van der Waals surface area contributed by atoms with Gasteiger partial charge in [0.25, 0.3) is 5.91 Å². The molecule has 1 atom stereocenters. The van der Waals surface area contributed by atoms with Crippen molar-refractivity contribution in [2.24, 2.45) is 0 Å². The van der Waals surface area contributed by atoms with Gasteiger partial charge in [0.15, 0.2) is 0 Å². The molecular weight excluding hydrogens is 400 g/mol. The molecular formula is C23H30N2O4S. The van der Waals surface area contributed by atoms with Gasteiger partial charge in [-0.3, -0.25) is 4.79 Å². The number of sulfonamides is 1. The molecule has 1 saturated heterocycles. The Morgan fingerprint density at radius 2 is 1.63 bits per heavy atom. The quantitative estimate of drug-likeness (QED) is 0.763. The van der Waals surface area contributed by atoms with Gasteiger partial charge in [0, 0.05) is 18.7 Å². The van der Waals surface area contributed by atoms with Crippen LogP contribution in [0.4, 0.5) is 0 Å². The molecule has 1 aliphatic heterocycles. The summed E-state index contributed by atoms with van der Waals surface area (Å²) < 4.78 is 31.8. The number of ether oxygens (including phenoxy) is 1. The molecule has 30 heavy (non-hydrogen) atoms. The van der Waals surface area contributed by atoms with Crippen LogP contribution >= 0.6 is 0 Å². The number of hydrogen-bond acceptors (Lipinski definition) is 4. The second-order valence-electron chi connectivity index (χ2n) is 7.95. The van der Waals surface area contributed by atoms with E-state index >= 15 is 0 Å². The highest BCUT2D eigenvalue weighted by molar-refractivity contribution is 7.88. The number of carbonyl (C=O) groups is 1. The van der Waals surface area contributed by atoms with Gasteiger partial charge in [-0.2, -0.15) is 4.31 Å². The third kappa shape index (κ3) is 5.28. The van der Waals surface area contributed by atoms with Crippen molar-refractivity contribution in [1.82, 2.24) is 9.62 Å². The van der Waals surface area contributed by atoms with Crippen LogP contribution in [0.15, 0.2) is 36.4 Å². The van der Waals surface area contributed by atoms with Crippen LogP contribution in [0.2, 0.25) is 0 Å². The van der Waals surface area contributed by atoms with Crippen molar-refractivity contribution in [2.75, 3.05) is 26.3 Å². The van der Waals surface area contributed by atoms with Gasteiger partial charge in [-0.1, -0.05) is 24.3 Å². The van der Waals surface area contributed by atoms with Gasteiger partial charge in [0.05, 0.1) is 25.0 Å². The third-order valence-corrected chi connectivity index (χ3v) is 7.48. The summed E-state index contributed by atoms with van der Waals surface area (Å²) in [4.78, 5) is 12.7. The molecule has 0 aromatic heterocycles. The smallest absolute Gasteiger partial charge is 0.251 e. The van der Waals surface area contributed by atoms with E-state index in [1.165, 1.54) is 15.4 Å². The molecule has 7 heteroatoms. The van der Waals surface area contributed by atoms with Crippen LogP contribution in [0.5, 0.6) is 0 Å². The summed E-state index contributed by atoms with van der Waals surface area (Å²) in [6.45, 7) is 9.79. The number of benzene rings is 2. The van der Waals surface area contributed by atoms with Crippen molar-refractivity contribution in [2.45, 2.75) is 39.5 Å². The summed E-state index contributed by atoms with van der Waals surface area (Å²) in [5, 5.41) is 3.04. The largest absolute Gasteiger partial charge is 0.379 e. The predicted molar refractivity (Wildman–Crippen MR) is 118 cm³/mol. The fourth-order valence-electron chi connectivity index (χ4n) is 3.69. The Morgan fingerprint density at radius 3 is 2.27 bits per heavy atom. The van der Waals surface area contributed by atoms with Gasteiger partial charge in [0.2, 0.25) is 10.0 Å². The molecule has 0 aliphatic carbocycles. The summed E-state index contributed by atoms with van der Waals surface area (Å²) in [5.74, 6) is -0.254. The van der Waals surface area contributed by atoms with E-state index in [9.17, 15) is 13.2 Å². The Labute approximate surface area is 179 Å². The molecule has 3 rings (SSSR count). The van der Waals surface area contributed by atoms with Crippen molar-refractivity contribution in [1.29, 1.82) is 0 Å². The van der Waals surface area contributed by atoms with Gasteiger partial charge in [-0.05, 0) is 67.6 Å². The first kappa shape index (κ1) is 22.5. The Hall–Kier alpha value is -2.22. The summed E-state index contributed by atoms with van der Waals surface area (Å²) in [6, 6.07) is 10.9. The molecule has 2 aromatic carbocycles. The average molecular weight is 431 g/mol. The van der Waals surface area contributed by atoms with E-state index < -0.39 is 10.0 Å². The van der Waals surface area contributed by atoms with E-state index in [0.717, 1.165) is 11.1 Å². The molecule has 6 nitrogen and oxygen atoms in total. The Kier molecular flexibility index (Phi) is 6.95. The highest BCUT2D eigenvalue weighted by Gasteiger charge is 2.24. The topological polar surface area (TPSA) is 75.7 Å². The maximum absolute atomic E-state index is 12.7. The first-order chi connectivity index (χ1) is 14.2. The molecule has 0 spiro atoms. The second-order valence-corrected chi connectivity index (χ2v) is 9.92. The molecule has 2 aromatic rings. The zero-order valence-electron chi connectivity index (χ0n) is 18.1. The van der Waals surface area contributed by atoms with Gasteiger partial charge in [0.1, 0.15) is 0 Å². The minimum absolute atomic E-state index is 0.0763. The minimum atomic E-state index is -3.38. The number of morpholine rings is 1. The monoisotopic (exact) mass is 430 g/mol. The van der Waals surface area contributed by atoms with Crippen LogP contribution in [0, 0.1) is 20.8 Å². The number of nitrogens with zero attached hydrogens (tertiary/aromatic N) is 1. The summed E-state index contributed by atoms with van der Waals surface area (Å²) in [5.41, 5.74) is 5.85. The van der Waals surface area contributed by atoms with Gasteiger partial charge >= 0.3 is 0 Å². The number of amides is 1. The Morgan fingerprint density at radius 1 is 1.03 bits per heavy atom. The molecule has 1 amide bonds. The van der Waals surface area contributed by atoms with Crippen LogP contribution in [-0.2, 0) is 20.5 Å². The van der Waals surface area contributed by atoms with Crippen LogP contribution in [0.3, 0.4) is 0 Å². The van der Waals surface area contributed by atoms with Crippen LogP contribution in [0.25, 0.3) is 0 Å². The molecule has 1 fully saturated rings. The third-order valence-electron chi connectivity index (χ3n) is 5.63. The van der Waals surface area contributed by atoms with E-state index in [1.807, 2.05) is 13.8 Å². The summed E-state index contributed by atoms with van der Waals surface area (Å²) in [7, 11) is -3.38. The zero-order chi connectivity index (χ0) is 21.9. The average Bonchev–Trinajstić information content (AvgIpc) is 2.71. The maximum atomic E-state index is 12.7. The first-order valence-corrected chi connectivity index (χ1v) is 11.8. The Balaban J connectivity index is 1.65. The molecule has 1 heterocycles. The van der Waals surface area contributed by atoms with Gasteiger partial charge in [-0.15, -0.1) is 0 Å².